The Labute approximate surface area is 87.7 Å². The summed E-state index contributed by atoms with van der Waals surface area (Å²) in [6, 6.07) is 1.34. The minimum Gasteiger partial charge on any atom is -0.383 e. The van der Waals surface area contributed by atoms with Gasteiger partial charge in [-0.25, -0.2) is 0 Å². The van der Waals surface area contributed by atoms with Gasteiger partial charge >= 0.3 is 0 Å². The van der Waals surface area contributed by atoms with Crippen LogP contribution in [-0.2, 0) is 7.05 Å². The molecule has 0 spiro atoms. The molecule has 2 rings (SSSR count). The van der Waals surface area contributed by atoms with E-state index < -0.39 is 0 Å². The summed E-state index contributed by atoms with van der Waals surface area (Å²) in [6.07, 6.45) is 0. The normalized spacial score (nSPS) is 16.7. The average molecular weight is 209 g/mol. The molecule has 1 aliphatic rings. The van der Waals surface area contributed by atoms with Gasteiger partial charge in [-0.05, 0) is 0 Å². The second-order valence-corrected chi connectivity index (χ2v) is 3.62. The molecule has 1 fully saturated rings. The number of anilines is 2. The Morgan fingerprint density at radius 3 is 2.80 bits per heavy atom. The van der Waals surface area contributed by atoms with Crippen molar-refractivity contribution in [3.05, 3.63) is 16.4 Å². The lowest BCUT2D eigenvalue weighted by Crippen LogP contribution is -2.45. The third kappa shape index (κ3) is 1.94. The van der Waals surface area contributed by atoms with E-state index in [1.807, 2.05) is 0 Å². The van der Waals surface area contributed by atoms with Crippen molar-refractivity contribution in [2.45, 2.75) is 0 Å². The van der Waals surface area contributed by atoms with Gasteiger partial charge in [-0.1, -0.05) is 0 Å². The van der Waals surface area contributed by atoms with E-state index in [0.29, 0.717) is 5.95 Å². The Morgan fingerprint density at radius 1 is 1.47 bits per heavy atom. The summed E-state index contributed by atoms with van der Waals surface area (Å²) in [4.78, 5) is 17.8. The van der Waals surface area contributed by atoms with E-state index in [0.717, 1.165) is 26.2 Å². The number of piperazine rings is 1. The molecule has 0 amide bonds. The first-order valence-corrected chi connectivity index (χ1v) is 4.97. The number of aromatic nitrogens is 2. The van der Waals surface area contributed by atoms with Gasteiger partial charge in [0.25, 0.3) is 5.56 Å². The summed E-state index contributed by atoms with van der Waals surface area (Å²) in [6.45, 7) is 3.52. The fourth-order valence-electron chi connectivity index (χ4n) is 1.69. The monoisotopic (exact) mass is 209 g/mol. The van der Waals surface area contributed by atoms with Crippen LogP contribution < -0.4 is 21.5 Å². The van der Waals surface area contributed by atoms with Crippen LogP contribution in [0.15, 0.2) is 10.9 Å². The van der Waals surface area contributed by atoms with Crippen LogP contribution in [0.3, 0.4) is 0 Å². The van der Waals surface area contributed by atoms with Gasteiger partial charge in [0, 0.05) is 39.3 Å². The van der Waals surface area contributed by atoms with Crippen LogP contribution in [-0.4, -0.2) is 35.7 Å². The Bertz CT molecular complexity index is 407. The molecule has 0 bridgehead atoms. The van der Waals surface area contributed by atoms with Gasteiger partial charge in [0.05, 0.1) is 0 Å². The number of nitrogen functional groups attached to an aromatic ring is 1. The number of nitrogens with two attached hydrogens (primary N) is 1. The van der Waals surface area contributed by atoms with Gasteiger partial charge in [0.1, 0.15) is 5.82 Å². The van der Waals surface area contributed by atoms with E-state index in [1.54, 1.807) is 7.05 Å². The molecule has 0 aromatic carbocycles. The molecular weight excluding hydrogens is 194 g/mol. The van der Waals surface area contributed by atoms with Crippen LogP contribution in [0, 0.1) is 0 Å². The van der Waals surface area contributed by atoms with Crippen molar-refractivity contribution in [1.82, 2.24) is 14.9 Å². The second kappa shape index (κ2) is 3.90. The van der Waals surface area contributed by atoms with Crippen LogP contribution >= 0.6 is 0 Å². The summed E-state index contributed by atoms with van der Waals surface area (Å²) >= 11 is 0. The van der Waals surface area contributed by atoms with Gasteiger partial charge in [0.15, 0.2) is 0 Å². The first-order chi connectivity index (χ1) is 7.18. The van der Waals surface area contributed by atoms with Gasteiger partial charge in [-0.15, -0.1) is 0 Å². The zero-order valence-corrected chi connectivity index (χ0v) is 8.73. The fourth-order valence-corrected chi connectivity index (χ4v) is 1.69. The standard InChI is InChI=1S/C9H15N5O/c1-13-8(15)6-7(10)12-9(13)14-4-2-11-3-5-14/h6,11H,2-5,10H2,1H3. The zero-order valence-electron chi connectivity index (χ0n) is 8.73. The third-order valence-electron chi connectivity index (χ3n) is 2.53. The lowest BCUT2D eigenvalue weighted by molar-refractivity contribution is 0.568. The van der Waals surface area contributed by atoms with Crippen LogP contribution in [0.2, 0.25) is 0 Å². The molecule has 0 saturated carbocycles. The molecule has 2 heterocycles. The van der Waals surface area contributed by atoms with Gasteiger partial charge in [0.2, 0.25) is 5.95 Å². The number of rotatable bonds is 1. The van der Waals surface area contributed by atoms with Crippen LogP contribution in [0.5, 0.6) is 0 Å². The lowest BCUT2D eigenvalue weighted by atomic mass is 10.4. The highest BCUT2D eigenvalue weighted by molar-refractivity contribution is 5.39. The van der Waals surface area contributed by atoms with Gasteiger partial charge in [-0.2, -0.15) is 4.98 Å². The number of hydrogen-bond donors (Lipinski definition) is 2. The summed E-state index contributed by atoms with van der Waals surface area (Å²) in [5.41, 5.74) is 5.45. The summed E-state index contributed by atoms with van der Waals surface area (Å²) in [5.74, 6) is 0.938. The molecule has 1 aromatic rings. The Hall–Kier alpha value is -1.56. The molecule has 6 heteroatoms. The molecule has 1 saturated heterocycles. The minimum absolute atomic E-state index is 0.115. The minimum atomic E-state index is -0.115. The number of nitrogens with zero attached hydrogens (tertiary/aromatic N) is 3. The summed E-state index contributed by atoms with van der Waals surface area (Å²) in [7, 11) is 1.71. The predicted molar refractivity (Wildman–Crippen MR) is 59.0 cm³/mol. The quantitative estimate of drug-likeness (QED) is 0.606. The lowest BCUT2D eigenvalue weighted by Gasteiger charge is -2.29. The maximum Gasteiger partial charge on any atom is 0.256 e. The van der Waals surface area contributed by atoms with Crippen molar-refractivity contribution in [1.29, 1.82) is 0 Å². The van der Waals surface area contributed by atoms with E-state index >= 15 is 0 Å². The molecule has 0 aliphatic carbocycles. The molecule has 6 nitrogen and oxygen atoms in total. The van der Waals surface area contributed by atoms with Crippen molar-refractivity contribution in [2.75, 3.05) is 36.8 Å². The first-order valence-electron chi connectivity index (χ1n) is 4.97. The molecule has 1 aromatic heterocycles. The van der Waals surface area contributed by atoms with E-state index in [2.05, 4.69) is 15.2 Å². The van der Waals surface area contributed by atoms with E-state index in [9.17, 15) is 4.79 Å². The van der Waals surface area contributed by atoms with Crippen molar-refractivity contribution >= 4 is 11.8 Å². The highest BCUT2D eigenvalue weighted by atomic mass is 16.1. The molecule has 1 aliphatic heterocycles. The van der Waals surface area contributed by atoms with E-state index in [-0.39, 0.29) is 11.4 Å². The Morgan fingerprint density at radius 2 is 2.13 bits per heavy atom. The molecule has 82 valence electrons. The second-order valence-electron chi connectivity index (χ2n) is 3.62. The Balaban J connectivity index is 2.37. The maximum absolute atomic E-state index is 11.5. The van der Waals surface area contributed by atoms with Crippen LogP contribution in [0.1, 0.15) is 0 Å². The Kier molecular flexibility index (Phi) is 2.59. The highest BCUT2D eigenvalue weighted by Crippen LogP contribution is 2.09. The van der Waals surface area contributed by atoms with Gasteiger partial charge < -0.3 is 16.0 Å². The summed E-state index contributed by atoms with van der Waals surface area (Å²) in [5, 5.41) is 3.25. The summed E-state index contributed by atoms with van der Waals surface area (Å²) < 4.78 is 1.53. The van der Waals surface area contributed by atoms with Crippen molar-refractivity contribution in [2.24, 2.45) is 7.05 Å². The largest absolute Gasteiger partial charge is 0.383 e. The van der Waals surface area contributed by atoms with Gasteiger partial charge in [-0.3, -0.25) is 9.36 Å². The van der Waals surface area contributed by atoms with E-state index in [4.69, 9.17) is 5.73 Å². The number of nitrogens with one attached hydrogen (secondary N) is 1. The zero-order chi connectivity index (χ0) is 10.8. The van der Waals surface area contributed by atoms with Crippen molar-refractivity contribution in [3.8, 4) is 0 Å². The van der Waals surface area contributed by atoms with Crippen molar-refractivity contribution in [3.63, 3.8) is 0 Å². The molecular formula is C9H15N5O. The molecule has 0 unspecified atom stereocenters. The topological polar surface area (TPSA) is 76.2 Å². The maximum atomic E-state index is 11.5. The highest BCUT2D eigenvalue weighted by Gasteiger charge is 2.15. The van der Waals surface area contributed by atoms with E-state index in [1.165, 1.54) is 10.6 Å². The first kappa shape index (κ1) is 9.97. The fraction of sp³-hybridized carbons (Fsp3) is 0.556. The van der Waals surface area contributed by atoms with Crippen molar-refractivity contribution < 1.29 is 0 Å². The number of hydrogen-bond acceptors (Lipinski definition) is 5. The average Bonchev–Trinajstić information content (AvgIpc) is 2.24. The third-order valence-corrected chi connectivity index (χ3v) is 2.53. The molecule has 0 atom stereocenters. The van der Waals surface area contributed by atoms with Crippen LogP contribution in [0.25, 0.3) is 0 Å². The predicted octanol–water partition coefficient (Wildman–Crippen LogP) is -1.23. The van der Waals surface area contributed by atoms with Crippen LogP contribution in [0.4, 0.5) is 11.8 Å². The molecule has 0 radical (unpaired) electrons. The smallest absolute Gasteiger partial charge is 0.256 e. The SMILES string of the molecule is Cn1c(N2CCNCC2)nc(N)cc1=O. The molecule has 15 heavy (non-hydrogen) atoms. The molecule has 3 N–H and O–H groups in total.